The third-order valence-electron chi connectivity index (χ3n) is 2.88. The van der Waals surface area contributed by atoms with Crippen LogP contribution in [-0.4, -0.2) is 37.7 Å². The van der Waals surface area contributed by atoms with Crippen molar-refractivity contribution in [2.24, 2.45) is 0 Å². The molecule has 0 heterocycles. The van der Waals surface area contributed by atoms with Gasteiger partial charge in [-0.2, -0.15) is 0 Å². The average Bonchev–Trinajstić information content (AvgIpc) is 2.46. The van der Waals surface area contributed by atoms with Gasteiger partial charge in [-0.1, -0.05) is 18.2 Å². The fraction of sp³-hybridized carbons (Fsp3) is 0.400. The van der Waals surface area contributed by atoms with Gasteiger partial charge in [0.2, 0.25) is 0 Å². The summed E-state index contributed by atoms with van der Waals surface area (Å²) in [6.07, 6.45) is -1.09. The number of carbonyl (C=O) groups is 3. The van der Waals surface area contributed by atoms with E-state index in [0.29, 0.717) is 5.75 Å². The van der Waals surface area contributed by atoms with Crippen LogP contribution in [0.25, 0.3) is 0 Å². The van der Waals surface area contributed by atoms with Gasteiger partial charge in [-0.05, 0) is 31.9 Å². The molecule has 1 rings (SSSR count). The molecule has 0 aromatic heterocycles. The first-order valence-corrected chi connectivity index (χ1v) is 6.76. The van der Waals surface area contributed by atoms with Crippen LogP contribution >= 0.6 is 0 Å². The Morgan fingerprint density at radius 2 is 1.77 bits per heavy atom. The Morgan fingerprint density at radius 3 is 2.32 bits per heavy atom. The van der Waals surface area contributed by atoms with Gasteiger partial charge in [-0.3, -0.25) is 10.1 Å². The molecular formula is C15H20N2O5. The van der Waals surface area contributed by atoms with Gasteiger partial charge in [0.25, 0.3) is 5.91 Å². The third-order valence-corrected chi connectivity index (χ3v) is 2.88. The molecule has 0 bridgehead atoms. The first-order chi connectivity index (χ1) is 10.3. The standard InChI is InChI=1S/C15H20N2O5/c1-9-6-5-7-10(2)13(9)21-8-12(18)22-11(3)14(19)17-15(20)16-4/h5-7,11H,8H2,1-4H3,(H2,16,17,19,20)/t11-/m0/s1. The summed E-state index contributed by atoms with van der Waals surface area (Å²) < 4.78 is 10.3. The fourth-order valence-corrected chi connectivity index (χ4v) is 1.72. The van der Waals surface area contributed by atoms with Crippen LogP contribution < -0.4 is 15.4 Å². The molecule has 0 unspecified atom stereocenters. The maximum absolute atomic E-state index is 11.7. The van der Waals surface area contributed by atoms with E-state index in [2.05, 4.69) is 5.32 Å². The average molecular weight is 308 g/mol. The van der Waals surface area contributed by atoms with Crippen LogP contribution in [-0.2, 0) is 14.3 Å². The quantitative estimate of drug-likeness (QED) is 0.794. The van der Waals surface area contributed by atoms with Crippen molar-refractivity contribution in [2.45, 2.75) is 26.9 Å². The van der Waals surface area contributed by atoms with Crippen LogP contribution in [0.3, 0.4) is 0 Å². The van der Waals surface area contributed by atoms with E-state index in [4.69, 9.17) is 9.47 Å². The highest BCUT2D eigenvalue weighted by Crippen LogP contribution is 2.22. The molecule has 0 aliphatic heterocycles. The smallest absolute Gasteiger partial charge is 0.344 e. The number of urea groups is 1. The van der Waals surface area contributed by atoms with Gasteiger partial charge in [0.05, 0.1) is 0 Å². The molecule has 0 spiro atoms. The van der Waals surface area contributed by atoms with E-state index in [9.17, 15) is 14.4 Å². The molecule has 1 aromatic carbocycles. The highest BCUT2D eigenvalue weighted by Gasteiger charge is 2.20. The predicted octanol–water partition coefficient (Wildman–Crippen LogP) is 1.07. The van der Waals surface area contributed by atoms with Gasteiger partial charge in [0.15, 0.2) is 12.7 Å². The minimum absolute atomic E-state index is 0.316. The zero-order chi connectivity index (χ0) is 16.7. The first kappa shape index (κ1) is 17.5. The molecule has 7 nitrogen and oxygen atoms in total. The van der Waals surface area contributed by atoms with Crippen LogP contribution in [0, 0.1) is 13.8 Å². The molecule has 2 N–H and O–H groups in total. The van der Waals surface area contributed by atoms with Crippen molar-refractivity contribution >= 4 is 17.9 Å². The molecular weight excluding hydrogens is 288 g/mol. The number of hydrogen-bond acceptors (Lipinski definition) is 5. The normalized spacial score (nSPS) is 11.3. The number of para-hydroxylation sites is 1. The summed E-state index contributed by atoms with van der Waals surface area (Å²) in [6, 6.07) is 4.96. The molecule has 1 aromatic rings. The molecule has 7 heteroatoms. The minimum atomic E-state index is -1.09. The van der Waals surface area contributed by atoms with E-state index in [-0.39, 0.29) is 6.61 Å². The highest BCUT2D eigenvalue weighted by atomic mass is 16.6. The van der Waals surface area contributed by atoms with Gasteiger partial charge in [-0.25, -0.2) is 9.59 Å². The second-order valence-electron chi connectivity index (χ2n) is 4.71. The molecule has 22 heavy (non-hydrogen) atoms. The number of carbonyl (C=O) groups excluding carboxylic acids is 3. The largest absolute Gasteiger partial charge is 0.481 e. The van der Waals surface area contributed by atoms with Crippen LogP contribution in [0.1, 0.15) is 18.1 Å². The van der Waals surface area contributed by atoms with E-state index in [1.165, 1.54) is 14.0 Å². The fourth-order valence-electron chi connectivity index (χ4n) is 1.72. The van der Waals surface area contributed by atoms with E-state index >= 15 is 0 Å². The number of aryl methyl sites for hydroxylation is 2. The molecule has 0 aliphatic rings. The van der Waals surface area contributed by atoms with Crippen molar-refractivity contribution in [3.05, 3.63) is 29.3 Å². The van der Waals surface area contributed by atoms with Crippen molar-refractivity contribution < 1.29 is 23.9 Å². The zero-order valence-corrected chi connectivity index (χ0v) is 13.1. The van der Waals surface area contributed by atoms with Crippen molar-refractivity contribution in [1.82, 2.24) is 10.6 Å². The number of imide groups is 1. The summed E-state index contributed by atoms with van der Waals surface area (Å²) in [5, 5.41) is 4.25. The van der Waals surface area contributed by atoms with Crippen LogP contribution in [0.5, 0.6) is 5.75 Å². The summed E-state index contributed by atoms with van der Waals surface area (Å²) >= 11 is 0. The molecule has 1 atom stereocenters. The van der Waals surface area contributed by atoms with Gasteiger partial charge in [0, 0.05) is 7.05 Å². The Balaban J connectivity index is 2.49. The Bertz CT molecular complexity index is 551. The first-order valence-electron chi connectivity index (χ1n) is 6.76. The number of benzene rings is 1. The Kier molecular flexibility index (Phi) is 6.37. The van der Waals surface area contributed by atoms with Crippen LogP contribution in [0.2, 0.25) is 0 Å². The lowest BCUT2D eigenvalue weighted by Crippen LogP contribution is -2.43. The van der Waals surface area contributed by atoms with Crippen molar-refractivity contribution in [3.63, 3.8) is 0 Å². The summed E-state index contributed by atoms with van der Waals surface area (Å²) in [6.45, 7) is 4.79. The minimum Gasteiger partial charge on any atom is -0.481 e. The molecule has 120 valence electrons. The lowest BCUT2D eigenvalue weighted by Gasteiger charge is -2.14. The number of rotatable bonds is 5. The van der Waals surface area contributed by atoms with Gasteiger partial charge >= 0.3 is 12.0 Å². The van der Waals surface area contributed by atoms with Crippen molar-refractivity contribution in [3.8, 4) is 5.75 Å². The molecule has 0 aliphatic carbocycles. The van der Waals surface area contributed by atoms with E-state index < -0.39 is 24.0 Å². The maximum atomic E-state index is 11.7. The maximum Gasteiger partial charge on any atom is 0.344 e. The zero-order valence-electron chi connectivity index (χ0n) is 13.1. The Morgan fingerprint density at radius 1 is 1.18 bits per heavy atom. The van der Waals surface area contributed by atoms with E-state index in [1.807, 2.05) is 37.4 Å². The van der Waals surface area contributed by atoms with E-state index in [0.717, 1.165) is 11.1 Å². The molecule has 0 saturated heterocycles. The molecule has 0 saturated carbocycles. The van der Waals surface area contributed by atoms with Gasteiger partial charge in [0.1, 0.15) is 5.75 Å². The Labute approximate surface area is 129 Å². The van der Waals surface area contributed by atoms with Crippen LogP contribution in [0.15, 0.2) is 18.2 Å². The number of ether oxygens (including phenoxy) is 2. The van der Waals surface area contributed by atoms with Crippen LogP contribution in [0.4, 0.5) is 4.79 Å². The molecule has 0 fully saturated rings. The topological polar surface area (TPSA) is 93.7 Å². The molecule has 3 amide bonds. The van der Waals surface area contributed by atoms with Crippen molar-refractivity contribution in [1.29, 1.82) is 0 Å². The third kappa shape index (κ3) is 5.08. The number of nitrogens with one attached hydrogen (secondary N) is 2. The highest BCUT2D eigenvalue weighted by molar-refractivity contribution is 5.97. The summed E-state index contributed by atoms with van der Waals surface area (Å²) in [5.41, 5.74) is 1.80. The summed E-state index contributed by atoms with van der Waals surface area (Å²) in [4.78, 5) is 34.2. The number of amides is 3. The summed E-state index contributed by atoms with van der Waals surface area (Å²) in [5.74, 6) is -0.788. The second-order valence-corrected chi connectivity index (χ2v) is 4.71. The SMILES string of the molecule is CNC(=O)NC(=O)[C@H](C)OC(=O)COc1c(C)cccc1C. The lowest BCUT2D eigenvalue weighted by molar-refractivity contribution is -0.156. The monoisotopic (exact) mass is 308 g/mol. The van der Waals surface area contributed by atoms with Crippen molar-refractivity contribution in [2.75, 3.05) is 13.7 Å². The van der Waals surface area contributed by atoms with E-state index in [1.54, 1.807) is 0 Å². The van der Waals surface area contributed by atoms with Gasteiger partial charge in [-0.15, -0.1) is 0 Å². The number of hydrogen-bond donors (Lipinski definition) is 2. The number of esters is 1. The second kappa shape index (κ2) is 8.02. The summed E-state index contributed by atoms with van der Waals surface area (Å²) in [7, 11) is 1.37. The predicted molar refractivity (Wildman–Crippen MR) is 79.6 cm³/mol. The van der Waals surface area contributed by atoms with Gasteiger partial charge < -0.3 is 14.8 Å². The molecule has 0 radical (unpaired) electrons. The Hall–Kier alpha value is -2.57. The lowest BCUT2D eigenvalue weighted by atomic mass is 10.1.